The lowest BCUT2D eigenvalue weighted by Crippen LogP contribution is -1.86. The van der Waals surface area contributed by atoms with Gasteiger partial charge in [0, 0.05) is 11.1 Å². The SMILES string of the molecule is OCc1cocc1CO. The van der Waals surface area contributed by atoms with Gasteiger partial charge in [-0.15, -0.1) is 0 Å². The molecule has 3 heteroatoms. The molecule has 2 N–H and O–H groups in total. The first-order valence-corrected chi connectivity index (χ1v) is 2.64. The second kappa shape index (κ2) is 2.66. The van der Waals surface area contributed by atoms with Gasteiger partial charge in [-0.1, -0.05) is 0 Å². The van der Waals surface area contributed by atoms with E-state index in [2.05, 4.69) is 0 Å². The summed E-state index contributed by atoms with van der Waals surface area (Å²) in [4.78, 5) is 0. The van der Waals surface area contributed by atoms with Crippen LogP contribution in [-0.2, 0) is 13.2 Å². The number of hydrogen-bond acceptors (Lipinski definition) is 3. The second-order valence-electron chi connectivity index (χ2n) is 1.74. The molecule has 1 heterocycles. The Morgan fingerprint density at radius 1 is 1.11 bits per heavy atom. The molecule has 0 aliphatic rings. The lowest BCUT2D eigenvalue weighted by molar-refractivity contribution is 0.261. The molecule has 1 aromatic heterocycles. The summed E-state index contributed by atoms with van der Waals surface area (Å²) in [6.45, 7) is -0.154. The molecule has 0 amide bonds. The molecular formula is C6H8O3. The third kappa shape index (κ3) is 1.12. The molecule has 0 bridgehead atoms. The summed E-state index contributed by atoms with van der Waals surface area (Å²) >= 11 is 0. The number of hydrogen-bond donors (Lipinski definition) is 2. The quantitative estimate of drug-likeness (QED) is 0.600. The lowest BCUT2D eigenvalue weighted by Gasteiger charge is -1.90. The summed E-state index contributed by atoms with van der Waals surface area (Å²) < 4.78 is 4.71. The molecule has 0 saturated carbocycles. The van der Waals surface area contributed by atoms with Gasteiger partial charge in [-0.05, 0) is 0 Å². The molecule has 9 heavy (non-hydrogen) atoms. The van der Waals surface area contributed by atoms with Crippen molar-refractivity contribution in [3.8, 4) is 0 Å². The monoisotopic (exact) mass is 128 g/mol. The molecule has 0 aliphatic heterocycles. The van der Waals surface area contributed by atoms with Crippen molar-refractivity contribution >= 4 is 0 Å². The predicted molar refractivity (Wildman–Crippen MR) is 30.6 cm³/mol. The Labute approximate surface area is 52.5 Å². The van der Waals surface area contributed by atoms with Crippen molar-refractivity contribution in [2.24, 2.45) is 0 Å². The molecule has 0 aliphatic carbocycles. The van der Waals surface area contributed by atoms with Crippen molar-refractivity contribution in [2.45, 2.75) is 13.2 Å². The maximum atomic E-state index is 8.57. The Morgan fingerprint density at radius 2 is 1.56 bits per heavy atom. The Hall–Kier alpha value is -0.800. The van der Waals surface area contributed by atoms with Crippen molar-refractivity contribution in [3.63, 3.8) is 0 Å². The van der Waals surface area contributed by atoms with Crippen LogP contribution in [0.3, 0.4) is 0 Å². The minimum atomic E-state index is -0.0770. The molecule has 50 valence electrons. The van der Waals surface area contributed by atoms with Crippen LogP contribution in [0.25, 0.3) is 0 Å². The summed E-state index contributed by atoms with van der Waals surface area (Å²) in [5, 5.41) is 17.1. The molecule has 1 rings (SSSR count). The molecule has 0 spiro atoms. The Kier molecular flexibility index (Phi) is 1.87. The van der Waals surface area contributed by atoms with Crippen molar-refractivity contribution < 1.29 is 14.6 Å². The molecule has 0 fully saturated rings. The van der Waals surface area contributed by atoms with Gasteiger partial charge in [0.25, 0.3) is 0 Å². The minimum Gasteiger partial charge on any atom is -0.472 e. The normalized spacial score (nSPS) is 10.0. The molecule has 0 saturated heterocycles. The number of aliphatic hydroxyl groups excluding tert-OH is 2. The van der Waals surface area contributed by atoms with Crippen LogP contribution in [0.1, 0.15) is 11.1 Å². The highest BCUT2D eigenvalue weighted by molar-refractivity contribution is 5.18. The highest BCUT2D eigenvalue weighted by atomic mass is 16.3. The maximum absolute atomic E-state index is 8.57. The van der Waals surface area contributed by atoms with Crippen LogP contribution >= 0.6 is 0 Å². The first-order chi connectivity index (χ1) is 4.38. The highest BCUT2D eigenvalue weighted by Crippen LogP contribution is 2.08. The van der Waals surface area contributed by atoms with Crippen LogP contribution in [0.5, 0.6) is 0 Å². The molecule has 0 atom stereocenters. The molecule has 3 nitrogen and oxygen atoms in total. The van der Waals surface area contributed by atoms with E-state index in [1.807, 2.05) is 0 Å². The van der Waals surface area contributed by atoms with Gasteiger partial charge in [0.15, 0.2) is 0 Å². The Morgan fingerprint density at radius 3 is 1.89 bits per heavy atom. The zero-order chi connectivity index (χ0) is 6.69. The van der Waals surface area contributed by atoms with Crippen molar-refractivity contribution in [2.75, 3.05) is 0 Å². The van der Waals surface area contributed by atoms with E-state index in [-0.39, 0.29) is 13.2 Å². The Balaban J connectivity index is 2.85. The topological polar surface area (TPSA) is 53.6 Å². The molecular weight excluding hydrogens is 120 g/mol. The van der Waals surface area contributed by atoms with Crippen molar-refractivity contribution in [1.29, 1.82) is 0 Å². The van der Waals surface area contributed by atoms with Crippen molar-refractivity contribution in [3.05, 3.63) is 23.7 Å². The van der Waals surface area contributed by atoms with Crippen LogP contribution < -0.4 is 0 Å². The van der Waals surface area contributed by atoms with Crippen LogP contribution in [0, 0.1) is 0 Å². The fourth-order valence-electron chi connectivity index (χ4n) is 0.627. The van der Waals surface area contributed by atoms with Crippen molar-refractivity contribution in [1.82, 2.24) is 0 Å². The van der Waals surface area contributed by atoms with Crippen LogP contribution in [-0.4, -0.2) is 10.2 Å². The van der Waals surface area contributed by atoms with E-state index in [1.54, 1.807) is 0 Å². The van der Waals surface area contributed by atoms with E-state index in [4.69, 9.17) is 14.6 Å². The second-order valence-corrected chi connectivity index (χ2v) is 1.74. The van der Waals surface area contributed by atoms with E-state index in [9.17, 15) is 0 Å². The standard InChI is InChI=1S/C6H8O3/c7-1-5-3-9-4-6(5)2-8/h3-4,7-8H,1-2H2. The van der Waals surface area contributed by atoms with E-state index in [0.717, 1.165) is 0 Å². The third-order valence-corrected chi connectivity index (χ3v) is 1.17. The number of furan rings is 1. The summed E-state index contributed by atoms with van der Waals surface area (Å²) in [5.41, 5.74) is 1.30. The third-order valence-electron chi connectivity index (χ3n) is 1.17. The molecule has 0 aromatic carbocycles. The van der Waals surface area contributed by atoms with Gasteiger partial charge in [0.1, 0.15) is 0 Å². The van der Waals surface area contributed by atoms with Gasteiger partial charge in [-0.2, -0.15) is 0 Å². The van der Waals surface area contributed by atoms with E-state index >= 15 is 0 Å². The highest BCUT2D eigenvalue weighted by Gasteiger charge is 2.00. The zero-order valence-electron chi connectivity index (χ0n) is 4.87. The fourth-order valence-corrected chi connectivity index (χ4v) is 0.627. The van der Waals surface area contributed by atoms with Gasteiger partial charge in [0.2, 0.25) is 0 Å². The predicted octanol–water partition coefficient (Wildman–Crippen LogP) is 0.264. The first kappa shape index (κ1) is 6.32. The molecule has 1 aromatic rings. The van der Waals surface area contributed by atoms with Crippen LogP contribution in [0.4, 0.5) is 0 Å². The first-order valence-electron chi connectivity index (χ1n) is 2.64. The van der Waals surface area contributed by atoms with Gasteiger partial charge < -0.3 is 14.6 Å². The van der Waals surface area contributed by atoms with Gasteiger partial charge in [-0.3, -0.25) is 0 Å². The number of rotatable bonds is 2. The van der Waals surface area contributed by atoms with Crippen LogP contribution in [0.15, 0.2) is 16.9 Å². The molecule has 0 unspecified atom stereocenters. The van der Waals surface area contributed by atoms with E-state index in [0.29, 0.717) is 11.1 Å². The summed E-state index contributed by atoms with van der Waals surface area (Å²) in [7, 11) is 0. The largest absolute Gasteiger partial charge is 0.472 e. The summed E-state index contributed by atoms with van der Waals surface area (Å²) in [5.74, 6) is 0. The minimum absolute atomic E-state index is 0.0770. The Bertz CT molecular complexity index is 162. The van der Waals surface area contributed by atoms with Crippen LogP contribution in [0.2, 0.25) is 0 Å². The fraction of sp³-hybridized carbons (Fsp3) is 0.333. The maximum Gasteiger partial charge on any atom is 0.0961 e. The smallest absolute Gasteiger partial charge is 0.0961 e. The van der Waals surface area contributed by atoms with E-state index < -0.39 is 0 Å². The van der Waals surface area contributed by atoms with Gasteiger partial charge in [0.05, 0.1) is 25.7 Å². The molecule has 0 radical (unpaired) electrons. The average Bonchev–Trinajstić information content (AvgIpc) is 2.33. The summed E-state index contributed by atoms with van der Waals surface area (Å²) in [6.07, 6.45) is 2.84. The van der Waals surface area contributed by atoms with E-state index in [1.165, 1.54) is 12.5 Å². The average molecular weight is 128 g/mol. The lowest BCUT2D eigenvalue weighted by atomic mass is 10.2. The zero-order valence-corrected chi connectivity index (χ0v) is 4.87. The number of aliphatic hydroxyl groups is 2. The van der Waals surface area contributed by atoms with Gasteiger partial charge in [-0.25, -0.2) is 0 Å². The summed E-state index contributed by atoms with van der Waals surface area (Å²) in [6, 6.07) is 0. The van der Waals surface area contributed by atoms with Gasteiger partial charge >= 0.3 is 0 Å².